The summed E-state index contributed by atoms with van der Waals surface area (Å²) < 4.78 is 25.6. The number of aromatic nitrogens is 21. The van der Waals surface area contributed by atoms with Crippen molar-refractivity contribution in [1.29, 1.82) is 0 Å². The summed E-state index contributed by atoms with van der Waals surface area (Å²) in [7, 11) is 0. The molecule has 4 saturated heterocycles. The maximum absolute atomic E-state index is 11.7. The molecule has 4 aliphatic heterocycles. The maximum Gasteiger partial charge on any atom is 0.225 e. The molecule has 4 amide bonds. The Morgan fingerprint density at radius 1 is 0.359 bits per heavy atom. The first kappa shape index (κ1) is 88.3. The lowest BCUT2D eigenvalue weighted by atomic mass is 10.0. The minimum Gasteiger partial charge on any atom is -0.474 e. The van der Waals surface area contributed by atoms with E-state index in [1.54, 1.807) is 53.0 Å². The second-order valence-electron chi connectivity index (χ2n) is 33.2. The summed E-state index contributed by atoms with van der Waals surface area (Å²) in [6, 6.07) is 31.6. The molecule has 4 unspecified atom stereocenters. The van der Waals surface area contributed by atoms with Crippen LogP contribution < -0.4 is 40.2 Å². The molecule has 20 rings (SSSR count). The molecule has 0 saturated carbocycles. The monoisotopic (exact) mass is 1790 g/mol. The van der Waals surface area contributed by atoms with Crippen molar-refractivity contribution in [3.63, 3.8) is 0 Å². The van der Waals surface area contributed by atoms with Crippen molar-refractivity contribution in [2.24, 2.45) is 0 Å². The molecule has 4 atom stereocenters. The van der Waals surface area contributed by atoms with Crippen molar-refractivity contribution < 1.29 is 38.1 Å². The third-order valence-electron chi connectivity index (χ3n) is 24.2. The van der Waals surface area contributed by atoms with Crippen LogP contribution in [0.15, 0.2) is 148 Å². The number of carbonyl (C=O) groups excluding carboxylic acids is 4. The number of amides is 4. The zero-order chi connectivity index (χ0) is 90.9. The highest BCUT2D eigenvalue weighted by Crippen LogP contribution is 2.39. The Kier molecular flexibility index (Phi) is 26.6. The van der Waals surface area contributed by atoms with Crippen molar-refractivity contribution in [2.45, 2.75) is 169 Å². The van der Waals surface area contributed by atoms with Crippen LogP contribution in [-0.2, 0) is 19.2 Å². The minimum absolute atomic E-state index is 0.000837. The van der Waals surface area contributed by atoms with Crippen molar-refractivity contribution in [1.82, 2.24) is 124 Å². The summed E-state index contributed by atoms with van der Waals surface area (Å²) in [6.07, 6.45) is 18.6. The standard InChI is InChI=1S/C24H27N7O2.C23H24ClN7O2.C23H26N8O2.C23H25N7O2/c1-14-5-4-6-17-11-19(15(2)29-23-21-22(26-12-25-21)27-13-28-23)30-24(20(14)17)33-18-7-9-31(10-8-18)16(3)32;1-13(29-22-20-21(26-11-25-20)27-12-28-22)18-10-15-4-3-5-17(24)19(15)23(30-18)33-16-6-8-31(9-7-16)14(2)32;1-13-5-4-6-17-18(13)23(33-16-7-9-31(10-8-16)15(3)32)30-20(29-17)14(2)28-22-19-21(25-11-24-19)26-12-27-22;1-14(28-22-20-21(25-12-24-20)26-13-27-22)19-11-16-5-3-4-6-18(16)23(29-19)32-17-7-9-30(10-8-17)15(2)31/h4-6,11-13,15,18H,7-10H2,1-3H3,(H2,25,26,27,28,29);3-5,10-13,16H,6-9H2,1-2H3,(H2,25,26,27,28,29);4-6,11-12,14,16H,7-10H2,1-3H3,(H2,24,25,26,27,28);3-6,11-14,17H,7-10H2,1-2H3,(H2,24,25,26,27,28). The maximum atomic E-state index is 11.7. The van der Waals surface area contributed by atoms with Gasteiger partial charge >= 0.3 is 0 Å². The van der Waals surface area contributed by atoms with Gasteiger partial charge in [-0.25, -0.2) is 79.7 Å². The Morgan fingerprint density at radius 3 is 1.08 bits per heavy atom. The van der Waals surface area contributed by atoms with Crippen LogP contribution in [0.4, 0.5) is 23.3 Å². The van der Waals surface area contributed by atoms with E-state index in [-0.39, 0.29) is 72.2 Å². The van der Waals surface area contributed by atoms with E-state index in [0.717, 1.165) is 145 Å². The van der Waals surface area contributed by atoms with Gasteiger partial charge in [0, 0.05) is 142 Å². The summed E-state index contributed by atoms with van der Waals surface area (Å²) >= 11 is 6.54. The predicted octanol–water partition coefficient (Wildman–Crippen LogP) is 14.5. The number of hydrogen-bond acceptors (Lipinski definition) is 29. The Bertz CT molecular complexity index is 6340. The van der Waals surface area contributed by atoms with Gasteiger partial charge in [-0.3, -0.25) is 19.2 Å². The van der Waals surface area contributed by atoms with E-state index in [4.69, 9.17) is 55.5 Å². The van der Waals surface area contributed by atoms with E-state index in [1.807, 2.05) is 121 Å². The van der Waals surface area contributed by atoms with E-state index < -0.39 is 0 Å². The second-order valence-corrected chi connectivity index (χ2v) is 33.6. The number of benzene rings is 4. The van der Waals surface area contributed by atoms with Gasteiger partial charge in [0.2, 0.25) is 47.1 Å². The summed E-state index contributed by atoms with van der Waals surface area (Å²) in [5.41, 5.74) is 10.9. The van der Waals surface area contributed by atoms with Crippen molar-refractivity contribution >= 4 is 146 Å². The Hall–Kier alpha value is -14.8. The number of piperidine rings is 4. The molecule has 4 aromatic carbocycles. The van der Waals surface area contributed by atoms with Crippen molar-refractivity contribution in [3.05, 3.63) is 187 Å². The topological polar surface area (TPSA) is 449 Å². The molecular formula is C93H102ClN29O8. The average Bonchev–Trinajstić information content (AvgIpc) is 1.30. The zero-order valence-corrected chi connectivity index (χ0v) is 75.1. The number of carbonyl (C=O) groups is 4. The van der Waals surface area contributed by atoms with Gasteiger partial charge in [0.05, 0.1) is 87.9 Å². The van der Waals surface area contributed by atoms with E-state index in [0.29, 0.717) is 133 Å². The van der Waals surface area contributed by atoms with Crippen LogP contribution in [0.25, 0.3) is 87.9 Å². The van der Waals surface area contributed by atoms with Crippen molar-refractivity contribution in [3.8, 4) is 23.5 Å². The predicted molar refractivity (Wildman–Crippen MR) is 498 cm³/mol. The molecule has 4 fully saturated rings. The number of halogens is 1. The zero-order valence-electron chi connectivity index (χ0n) is 74.3. The van der Waals surface area contributed by atoms with Crippen LogP contribution >= 0.6 is 11.6 Å². The number of aromatic amines is 4. The molecule has 0 bridgehead atoms. The van der Waals surface area contributed by atoms with E-state index >= 15 is 0 Å². The van der Waals surface area contributed by atoms with Crippen LogP contribution in [0.2, 0.25) is 5.02 Å². The van der Waals surface area contributed by atoms with Crippen LogP contribution in [0.5, 0.6) is 23.5 Å². The quantitative estimate of drug-likeness (QED) is 0.0351. The highest BCUT2D eigenvalue weighted by molar-refractivity contribution is 6.36. The molecular weight excluding hydrogens is 1690 g/mol. The third-order valence-corrected chi connectivity index (χ3v) is 24.5. The first-order valence-corrected chi connectivity index (χ1v) is 44.4. The Balaban J connectivity index is 0.000000122. The first-order chi connectivity index (χ1) is 63.6. The minimum atomic E-state index is -0.238. The smallest absolute Gasteiger partial charge is 0.225 e. The van der Waals surface area contributed by atoms with Gasteiger partial charge in [0.1, 0.15) is 71.8 Å². The number of fused-ring (bicyclic) bond motifs is 8. The fraction of sp³-hybridized carbons (Fsp3) is 0.366. The Morgan fingerprint density at radius 2 is 0.679 bits per heavy atom. The molecule has 37 nitrogen and oxygen atoms in total. The normalized spacial score (nSPS) is 15.7. The molecule has 0 aliphatic carbocycles. The number of anilines is 4. The molecule has 8 N–H and O–H groups in total. The van der Waals surface area contributed by atoms with Gasteiger partial charge in [0.25, 0.3) is 0 Å². The summed E-state index contributed by atoms with van der Waals surface area (Å²) in [5.74, 6) is 6.04. The average molecular weight is 1790 g/mol. The third kappa shape index (κ3) is 20.2. The lowest BCUT2D eigenvalue weighted by molar-refractivity contribution is -0.131. The number of hydrogen-bond donors (Lipinski definition) is 8. The van der Waals surface area contributed by atoms with Crippen LogP contribution in [0, 0.1) is 13.8 Å². The van der Waals surface area contributed by atoms with Gasteiger partial charge in [0.15, 0.2) is 51.7 Å². The number of likely N-dealkylation sites (tertiary alicyclic amines) is 4. The number of H-pyrrole nitrogens is 4. The summed E-state index contributed by atoms with van der Waals surface area (Å²) in [4.78, 5) is 142. The molecule has 16 heterocycles. The number of nitrogens with zero attached hydrogens (tertiary/aromatic N) is 21. The van der Waals surface area contributed by atoms with E-state index in [1.165, 1.54) is 25.3 Å². The second kappa shape index (κ2) is 39.4. The van der Waals surface area contributed by atoms with Gasteiger partial charge in [-0.15, -0.1) is 0 Å². The largest absolute Gasteiger partial charge is 0.474 e. The van der Waals surface area contributed by atoms with Crippen LogP contribution in [-0.4, -0.2) is 225 Å². The lowest BCUT2D eigenvalue weighted by Gasteiger charge is -2.31. The van der Waals surface area contributed by atoms with Gasteiger partial charge in [-0.05, 0) is 105 Å². The van der Waals surface area contributed by atoms with E-state index in [9.17, 15) is 19.2 Å². The number of pyridine rings is 3. The van der Waals surface area contributed by atoms with Crippen LogP contribution in [0.1, 0.15) is 165 Å². The SMILES string of the molecule is CC(=O)N1CCC(Oc2nc(C(C)Nc3ncnc4nc[nH]c34)cc3cccc(C)c23)CC1.CC(=O)N1CCC(Oc2nc(C(C)Nc3ncnc4nc[nH]c34)cc3cccc(Cl)c23)CC1.CC(=O)N1CCC(Oc2nc(C(C)Nc3ncnc4nc[nH]c34)cc3ccccc23)CC1.CC(=O)N1CCC(Oc2nc(C(C)Nc3ncnc4nc[nH]c34)nc3cccc(C)c23)CC1. The summed E-state index contributed by atoms with van der Waals surface area (Å²) in [5, 5.41) is 21.0. The van der Waals surface area contributed by atoms with Crippen molar-refractivity contribution in [2.75, 3.05) is 73.6 Å². The number of ether oxygens (including phenoxy) is 4. The summed E-state index contributed by atoms with van der Waals surface area (Å²) in [6.45, 7) is 24.2. The molecule has 131 heavy (non-hydrogen) atoms. The molecule has 0 spiro atoms. The Labute approximate surface area is 757 Å². The van der Waals surface area contributed by atoms with Gasteiger partial charge in [-0.2, -0.15) is 4.98 Å². The highest BCUT2D eigenvalue weighted by Gasteiger charge is 2.31. The van der Waals surface area contributed by atoms with E-state index in [2.05, 4.69) is 138 Å². The first-order valence-electron chi connectivity index (χ1n) is 44.0. The molecule has 674 valence electrons. The number of imidazole rings is 4. The number of aryl methyl sites for hydroxylation is 2. The van der Waals surface area contributed by atoms with Crippen LogP contribution in [0.3, 0.4) is 0 Å². The molecule has 4 aliphatic rings. The highest BCUT2D eigenvalue weighted by atomic mass is 35.5. The fourth-order valence-corrected chi connectivity index (χ4v) is 17.1. The number of rotatable bonds is 20. The van der Waals surface area contributed by atoms with Gasteiger partial charge in [-0.1, -0.05) is 72.3 Å². The molecule has 38 heteroatoms. The fourth-order valence-electron chi connectivity index (χ4n) is 16.8. The lowest BCUT2D eigenvalue weighted by Crippen LogP contribution is -2.40. The molecule has 16 aromatic rings. The number of nitrogens with one attached hydrogen (secondary N) is 8. The molecule has 0 radical (unpaired) electrons. The molecule has 12 aromatic heterocycles. The van der Waals surface area contributed by atoms with Gasteiger partial charge < -0.3 is 79.8 Å².